The minimum Gasteiger partial charge on any atom is -0.377 e. The lowest BCUT2D eigenvalue weighted by Crippen LogP contribution is -2.03. The molecule has 2 rings (SSSR count). The molecule has 1 N–H and O–H groups in total. The van der Waals surface area contributed by atoms with Gasteiger partial charge in [-0.05, 0) is 12.0 Å². The molecule has 1 aromatic rings. The van der Waals surface area contributed by atoms with E-state index in [0.29, 0.717) is 0 Å². The van der Waals surface area contributed by atoms with Gasteiger partial charge in [0.1, 0.15) is 0 Å². The van der Waals surface area contributed by atoms with E-state index in [2.05, 4.69) is 16.0 Å². The summed E-state index contributed by atoms with van der Waals surface area (Å²) in [6, 6.07) is 0. The van der Waals surface area contributed by atoms with Gasteiger partial charge in [-0.1, -0.05) is 6.08 Å². The first kappa shape index (κ1) is 6.61. The fraction of sp³-hybridized carbons (Fsp3) is 0.375. The van der Waals surface area contributed by atoms with Crippen molar-refractivity contribution in [2.75, 3.05) is 13.2 Å². The van der Waals surface area contributed by atoms with Crippen LogP contribution in [0.3, 0.4) is 0 Å². The van der Waals surface area contributed by atoms with E-state index in [9.17, 15) is 0 Å². The summed E-state index contributed by atoms with van der Waals surface area (Å²) in [6.07, 6.45) is 6.63. The maximum absolute atomic E-state index is 5.19. The fourth-order valence-electron chi connectivity index (χ4n) is 1.20. The summed E-state index contributed by atoms with van der Waals surface area (Å²) in [5.74, 6) is 0. The first-order valence-electron chi connectivity index (χ1n) is 3.72. The normalized spacial score (nSPS) is 18.0. The average Bonchev–Trinajstić information content (AvgIpc) is 2.58. The monoisotopic (exact) mass is 150 g/mol. The van der Waals surface area contributed by atoms with Crippen molar-refractivity contribution in [1.29, 1.82) is 0 Å². The maximum atomic E-state index is 5.19. The number of hydrogen-bond acceptors (Lipinski definition) is 2. The molecule has 0 saturated carbocycles. The van der Waals surface area contributed by atoms with Crippen LogP contribution in [0, 0.1) is 0 Å². The van der Waals surface area contributed by atoms with Crippen molar-refractivity contribution in [3.8, 4) is 0 Å². The summed E-state index contributed by atoms with van der Waals surface area (Å²) in [5, 5.41) is 0. The molecule has 1 aliphatic heterocycles. The Morgan fingerprint density at radius 3 is 3.18 bits per heavy atom. The van der Waals surface area contributed by atoms with Crippen LogP contribution in [0.25, 0.3) is 5.57 Å². The molecule has 0 aromatic carbocycles. The Bertz CT molecular complexity index is 251. The van der Waals surface area contributed by atoms with Crippen LogP contribution in [0.2, 0.25) is 0 Å². The molecule has 0 radical (unpaired) electrons. The molecule has 0 aliphatic carbocycles. The van der Waals surface area contributed by atoms with Gasteiger partial charge in [0.2, 0.25) is 0 Å². The molecular formula is C8H10N2O. The second kappa shape index (κ2) is 2.88. The van der Waals surface area contributed by atoms with Crippen LogP contribution in [0.4, 0.5) is 0 Å². The molecule has 0 fully saturated rings. The van der Waals surface area contributed by atoms with Gasteiger partial charge in [0.15, 0.2) is 0 Å². The lowest BCUT2D eigenvalue weighted by Gasteiger charge is -2.11. The summed E-state index contributed by atoms with van der Waals surface area (Å²) in [4.78, 5) is 7.03. The Hall–Kier alpha value is -1.09. The average molecular weight is 150 g/mol. The molecule has 11 heavy (non-hydrogen) atoms. The van der Waals surface area contributed by atoms with Crippen molar-refractivity contribution in [3.05, 3.63) is 24.3 Å². The Labute approximate surface area is 65.1 Å². The van der Waals surface area contributed by atoms with Crippen molar-refractivity contribution in [2.24, 2.45) is 0 Å². The zero-order valence-electron chi connectivity index (χ0n) is 6.21. The van der Waals surface area contributed by atoms with E-state index in [4.69, 9.17) is 4.74 Å². The predicted octanol–water partition coefficient (Wildman–Crippen LogP) is 1.21. The highest BCUT2D eigenvalue weighted by atomic mass is 16.5. The molecule has 0 amide bonds. The standard InChI is InChI=1S/C8H10N2O/c1-3-11-4-2-7(1)8-5-9-6-10-8/h1,5-6H,2-4H2,(H,9,10). The Morgan fingerprint density at radius 1 is 1.55 bits per heavy atom. The van der Waals surface area contributed by atoms with Crippen LogP contribution in [-0.2, 0) is 4.74 Å². The third-order valence-electron chi connectivity index (χ3n) is 1.81. The molecule has 58 valence electrons. The highest BCUT2D eigenvalue weighted by Crippen LogP contribution is 2.17. The third-order valence-corrected chi connectivity index (χ3v) is 1.81. The highest BCUT2D eigenvalue weighted by molar-refractivity contribution is 5.62. The number of imidazole rings is 1. The number of rotatable bonds is 1. The number of aromatic nitrogens is 2. The lowest BCUT2D eigenvalue weighted by atomic mass is 10.1. The number of nitrogens with zero attached hydrogens (tertiary/aromatic N) is 1. The van der Waals surface area contributed by atoms with E-state index in [1.54, 1.807) is 6.33 Å². The molecule has 2 heterocycles. The van der Waals surface area contributed by atoms with Gasteiger partial charge < -0.3 is 9.72 Å². The zero-order chi connectivity index (χ0) is 7.52. The number of H-pyrrole nitrogens is 1. The number of ether oxygens (including phenoxy) is 1. The second-order valence-corrected chi connectivity index (χ2v) is 2.52. The van der Waals surface area contributed by atoms with Gasteiger partial charge in [0.25, 0.3) is 0 Å². The molecule has 0 bridgehead atoms. The van der Waals surface area contributed by atoms with Gasteiger partial charge in [-0.15, -0.1) is 0 Å². The molecule has 0 unspecified atom stereocenters. The Morgan fingerprint density at radius 2 is 2.55 bits per heavy atom. The lowest BCUT2D eigenvalue weighted by molar-refractivity contribution is 0.161. The van der Waals surface area contributed by atoms with Crippen LogP contribution in [0.5, 0.6) is 0 Å². The molecule has 1 aromatic heterocycles. The predicted molar refractivity (Wildman–Crippen MR) is 42.0 cm³/mol. The largest absolute Gasteiger partial charge is 0.377 e. The van der Waals surface area contributed by atoms with E-state index in [0.717, 1.165) is 25.3 Å². The maximum Gasteiger partial charge on any atom is 0.0924 e. The molecule has 1 aliphatic rings. The molecular weight excluding hydrogens is 140 g/mol. The second-order valence-electron chi connectivity index (χ2n) is 2.52. The fourth-order valence-corrected chi connectivity index (χ4v) is 1.20. The SMILES string of the molecule is C1=C(c2cnc[nH]2)CCOC1. The van der Waals surface area contributed by atoms with Crippen LogP contribution >= 0.6 is 0 Å². The Kier molecular flexibility index (Phi) is 1.73. The van der Waals surface area contributed by atoms with Gasteiger partial charge in [-0.25, -0.2) is 4.98 Å². The van der Waals surface area contributed by atoms with Crippen LogP contribution in [0.15, 0.2) is 18.6 Å². The van der Waals surface area contributed by atoms with E-state index in [1.165, 1.54) is 5.57 Å². The van der Waals surface area contributed by atoms with Gasteiger partial charge in [0.05, 0.1) is 31.4 Å². The Balaban J connectivity index is 2.22. The van der Waals surface area contributed by atoms with Gasteiger partial charge in [-0.3, -0.25) is 0 Å². The molecule has 3 nitrogen and oxygen atoms in total. The molecule has 0 atom stereocenters. The number of hydrogen-bond donors (Lipinski definition) is 1. The summed E-state index contributed by atoms with van der Waals surface area (Å²) in [6.45, 7) is 1.55. The van der Waals surface area contributed by atoms with Crippen molar-refractivity contribution in [1.82, 2.24) is 9.97 Å². The van der Waals surface area contributed by atoms with E-state index in [1.807, 2.05) is 6.20 Å². The van der Waals surface area contributed by atoms with Crippen molar-refractivity contribution in [2.45, 2.75) is 6.42 Å². The van der Waals surface area contributed by atoms with Crippen molar-refractivity contribution < 1.29 is 4.74 Å². The number of aromatic amines is 1. The van der Waals surface area contributed by atoms with Crippen molar-refractivity contribution in [3.63, 3.8) is 0 Å². The minimum atomic E-state index is 0.731. The smallest absolute Gasteiger partial charge is 0.0924 e. The van der Waals surface area contributed by atoms with Gasteiger partial charge in [0, 0.05) is 0 Å². The van der Waals surface area contributed by atoms with E-state index >= 15 is 0 Å². The summed E-state index contributed by atoms with van der Waals surface area (Å²) in [7, 11) is 0. The summed E-state index contributed by atoms with van der Waals surface area (Å²) in [5.41, 5.74) is 2.43. The van der Waals surface area contributed by atoms with Crippen LogP contribution < -0.4 is 0 Å². The molecule has 0 saturated heterocycles. The first-order valence-corrected chi connectivity index (χ1v) is 3.72. The summed E-state index contributed by atoms with van der Waals surface area (Å²) < 4.78 is 5.19. The molecule has 3 heteroatoms. The molecule has 0 spiro atoms. The van der Waals surface area contributed by atoms with E-state index in [-0.39, 0.29) is 0 Å². The first-order chi connectivity index (χ1) is 5.47. The number of nitrogens with one attached hydrogen (secondary N) is 1. The van der Waals surface area contributed by atoms with Gasteiger partial charge >= 0.3 is 0 Å². The van der Waals surface area contributed by atoms with Crippen molar-refractivity contribution >= 4 is 5.57 Å². The van der Waals surface area contributed by atoms with Crippen LogP contribution in [-0.4, -0.2) is 23.2 Å². The highest BCUT2D eigenvalue weighted by Gasteiger charge is 2.05. The van der Waals surface area contributed by atoms with Crippen LogP contribution in [0.1, 0.15) is 12.1 Å². The van der Waals surface area contributed by atoms with Gasteiger partial charge in [-0.2, -0.15) is 0 Å². The quantitative estimate of drug-likeness (QED) is 0.653. The minimum absolute atomic E-state index is 0.731. The summed E-state index contributed by atoms with van der Waals surface area (Å²) >= 11 is 0. The third kappa shape index (κ3) is 1.33. The topological polar surface area (TPSA) is 37.9 Å². The van der Waals surface area contributed by atoms with E-state index < -0.39 is 0 Å². The zero-order valence-corrected chi connectivity index (χ0v) is 6.21.